The largest absolute Gasteiger partial charge is 0.478 e. The zero-order valence-corrected chi connectivity index (χ0v) is 13.3. The molecule has 1 aromatic heterocycles. The zero-order valence-electron chi connectivity index (χ0n) is 12.5. The van der Waals surface area contributed by atoms with Crippen molar-refractivity contribution in [2.45, 2.75) is 43.8 Å². The number of benzene rings is 1. The van der Waals surface area contributed by atoms with Gasteiger partial charge in [0.25, 0.3) is 0 Å². The van der Waals surface area contributed by atoms with Gasteiger partial charge in [0.1, 0.15) is 0 Å². The van der Waals surface area contributed by atoms with E-state index in [-0.39, 0.29) is 5.41 Å². The number of hydrogen-bond donors (Lipinski definition) is 1. The SMILES string of the molecule is Cc1ccc(SCc2noc(C(C)(C)C)n2)cc1C(=O)O. The molecule has 21 heavy (non-hydrogen) atoms. The van der Waals surface area contributed by atoms with Crippen molar-refractivity contribution in [1.29, 1.82) is 0 Å². The minimum atomic E-state index is -0.912. The number of rotatable bonds is 4. The van der Waals surface area contributed by atoms with Gasteiger partial charge in [-0.15, -0.1) is 11.8 Å². The van der Waals surface area contributed by atoms with Gasteiger partial charge in [0.05, 0.1) is 11.3 Å². The van der Waals surface area contributed by atoms with Crippen LogP contribution in [0.5, 0.6) is 0 Å². The van der Waals surface area contributed by atoms with Gasteiger partial charge in [0.15, 0.2) is 5.82 Å². The average Bonchev–Trinajstić information content (AvgIpc) is 2.86. The van der Waals surface area contributed by atoms with E-state index in [9.17, 15) is 4.79 Å². The van der Waals surface area contributed by atoms with Crippen LogP contribution < -0.4 is 0 Å². The Morgan fingerprint density at radius 1 is 1.38 bits per heavy atom. The molecule has 0 bridgehead atoms. The van der Waals surface area contributed by atoms with Crippen molar-refractivity contribution < 1.29 is 14.4 Å². The monoisotopic (exact) mass is 306 g/mol. The maximum atomic E-state index is 11.1. The molecule has 0 amide bonds. The summed E-state index contributed by atoms with van der Waals surface area (Å²) in [6.45, 7) is 7.82. The lowest BCUT2D eigenvalue weighted by Crippen LogP contribution is -2.11. The summed E-state index contributed by atoms with van der Waals surface area (Å²) in [6, 6.07) is 5.38. The Kier molecular flexibility index (Phi) is 4.37. The van der Waals surface area contributed by atoms with E-state index in [2.05, 4.69) is 10.1 Å². The third kappa shape index (κ3) is 3.85. The highest BCUT2D eigenvalue weighted by atomic mass is 32.2. The summed E-state index contributed by atoms with van der Waals surface area (Å²) in [7, 11) is 0. The fraction of sp³-hybridized carbons (Fsp3) is 0.400. The molecule has 0 unspecified atom stereocenters. The highest BCUT2D eigenvalue weighted by Gasteiger charge is 2.21. The Balaban J connectivity index is 2.08. The molecule has 2 aromatic rings. The summed E-state index contributed by atoms with van der Waals surface area (Å²) in [5, 5.41) is 13.1. The van der Waals surface area contributed by atoms with Crippen LogP contribution in [0.3, 0.4) is 0 Å². The van der Waals surface area contributed by atoms with Crippen molar-refractivity contribution in [3.05, 3.63) is 41.0 Å². The molecule has 1 N–H and O–H groups in total. The van der Waals surface area contributed by atoms with Crippen LogP contribution in [0.2, 0.25) is 0 Å². The molecule has 6 heteroatoms. The minimum absolute atomic E-state index is 0.170. The molecule has 5 nitrogen and oxygen atoms in total. The first-order valence-corrected chi connectivity index (χ1v) is 7.56. The highest BCUT2D eigenvalue weighted by Crippen LogP contribution is 2.26. The molecule has 0 aliphatic rings. The Hall–Kier alpha value is -1.82. The molecular weight excluding hydrogens is 288 g/mol. The van der Waals surface area contributed by atoms with E-state index in [0.717, 1.165) is 10.5 Å². The van der Waals surface area contributed by atoms with Crippen molar-refractivity contribution in [3.63, 3.8) is 0 Å². The van der Waals surface area contributed by atoms with Crippen LogP contribution in [0.25, 0.3) is 0 Å². The summed E-state index contributed by atoms with van der Waals surface area (Å²) < 4.78 is 5.23. The summed E-state index contributed by atoms with van der Waals surface area (Å²) >= 11 is 1.49. The molecule has 0 atom stereocenters. The normalized spacial score (nSPS) is 11.6. The van der Waals surface area contributed by atoms with Crippen molar-refractivity contribution in [1.82, 2.24) is 10.1 Å². The van der Waals surface area contributed by atoms with E-state index in [1.54, 1.807) is 13.0 Å². The van der Waals surface area contributed by atoms with Crippen molar-refractivity contribution in [2.24, 2.45) is 0 Å². The van der Waals surface area contributed by atoms with Crippen molar-refractivity contribution in [2.75, 3.05) is 0 Å². The Bertz CT molecular complexity index is 659. The second kappa shape index (κ2) is 5.89. The summed E-state index contributed by atoms with van der Waals surface area (Å²) in [6.07, 6.45) is 0. The molecule has 1 heterocycles. The molecule has 1 aromatic carbocycles. The van der Waals surface area contributed by atoms with Crippen LogP contribution in [0.1, 0.15) is 48.4 Å². The van der Waals surface area contributed by atoms with Gasteiger partial charge in [0.2, 0.25) is 5.89 Å². The van der Waals surface area contributed by atoms with E-state index in [1.807, 2.05) is 32.9 Å². The predicted octanol–water partition coefficient (Wildman–Crippen LogP) is 3.67. The highest BCUT2D eigenvalue weighted by molar-refractivity contribution is 7.98. The van der Waals surface area contributed by atoms with Gasteiger partial charge in [-0.3, -0.25) is 0 Å². The maximum Gasteiger partial charge on any atom is 0.335 e. The summed E-state index contributed by atoms with van der Waals surface area (Å²) in [5.74, 6) is 0.849. The molecule has 0 saturated carbocycles. The summed E-state index contributed by atoms with van der Waals surface area (Å²) in [5.41, 5.74) is 0.904. The lowest BCUT2D eigenvalue weighted by molar-refractivity contribution is 0.0696. The Morgan fingerprint density at radius 2 is 2.10 bits per heavy atom. The van der Waals surface area contributed by atoms with Crippen LogP contribution in [-0.2, 0) is 11.2 Å². The van der Waals surface area contributed by atoms with Gasteiger partial charge in [-0.25, -0.2) is 4.79 Å². The quantitative estimate of drug-likeness (QED) is 0.869. The zero-order chi connectivity index (χ0) is 15.6. The number of carbonyl (C=O) groups is 1. The molecular formula is C15H18N2O3S. The number of carboxylic acid groups (broad SMARTS) is 1. The van der Waals surface area contributed by atoms with Crippen LogP contribution in [-0.4, -0.2) is 21.2 Å². The van der Waals surface area contributed by atoms with Crippen molar-refractivity contribution in [3.8, 4) is 0 Å². The van der Waals surface area contributed by atoms with Gasteiger partial charge < -0.3 is 9.63 Å². The number of nitrogens with zero attached hydrogens (tertiary/aromatic N) is 2. The number of aryl methyl sites for hydroxylation is 1. The Labute approximate surface area is 127 Å². The van der Waals surface area contributed by atoms with Gasteiger partial charge in [-0.1, -0.05) is 32.0 Å². The fourth-order valence-corrected chi connectivity index (χ4v) is 2.46. The molecule has 0 radical (unpaired) electrons. The van der Waals surface area contributed by atoms with Crippen molar-refractivity contribution >= 4 is 17.7 Å². The van der Waals surface area contributed by atoms with E-state index in [4.69, 9.17) is 9.63 Å². The number of aromatic nitrogens is 2. The number of thioether (sulfide) groups is 1. The smallest absolute Gasteiger partial charge is 0.335 e. The molecule has 112 valence electrons. The van der Waals surface area contributed by atoms with Gasteiger partial charge in [-0.05, 0) is 24.6 Å². The molecule has 0 aliphatic carbocycles. The predicted molar refractivity (Wildman–Crippen MR) is 80.7 cm³/mol. The van der Waals surface area contributed by atoms with Crippen LogP contribution in [0.15, 0.2) is 27.6 Å². The lowest BCUT2D eigenvalue weighted by atomic mass is 9.97. The third-order valence-corrected chi connectivity index (χ3v) is 3.91. The van der Waals surface area contributed by atoms with Gasteiger partial charge in [-0.2, -0.15) is 4.98 Å². The topological polar surface area (TPSA) is 76.2 Å². The number of carboxylic acids is 1. The van der Waals surface area contributed by atoms with E-state index < -0.39 is 5.97 Å². The first-order valence-electron chi connectivity index (χ1n) is 6.57. The third-order valence-electron chi connectivity index (χ3n) is 2.92. The Morgan fingerprint density at radius 3 is 2.67 bits per heavy atom. The molecule has 0 aliphatic heterocycles. The van der Waals surface area contributed by atoms with E-state index >= 15 is 0 Å². The number of hydrogen-bond acceptors (Lipinski definition) is 5. The lowest BCUT2D eigenvalue weighted by Gasteiger charge is -2.10. The van der Waals surface area contributed by atoms with E-state index in [0.29, 0.717) is 23.0 Å². The van der Waals surface area contributed by atoms with Crippen LogP contribution >= 0.6 is 11.8 Å². The fourth-order valence-electron chi connectivity index (χ4n) is 1.69. The molecule has 0 fully saturated rings. The van der Waals surface area contributed by atoms with Gasteiger partial charge in [0, 0.05) is 10.3 Å². The maximum absolute atomic E-state index is 11.1. The minimum Gasteiger partial charge on any atom is -0.478 e. The standard InChI is InChI=1S/C15H18N2O3S/c1-9-5-6-10(7-11(9)13(18)19)21-8-12-16-14(20-17-12)15(2,3)4/h5-7H,8H2,1-4H3,(H,18,19). The number of aromatic carboxylic acids is 1. The van der Waals surface area contributed by atoms with Gasteiger partial charge >= 0.3 is 5.97 Å². The first kappa shape index (κ1) is 15.6. The van der Waals surface area contributed by atoms with Crippen LogP contribution in [0.4, 0.5) is 0 Å². The molecule has 2 rings (SSSR count). The molecule has 0 spiro atoms. The average molecular weight is 306 g/mol. The molecule has 0 saturated heterocycles. The second-order valence-electron chi connectivity index (χ2n) is 5.84. The van der Waals surface area contributed by atoms with E-state index in [1.165, 1.54) is 11.8 Å². The summed E-state index contributed by atoms with van der Waals surface area (Å²) in [4.78, 5) is 16.3. The first-order chi connectivity index (χ1) is 9.77. The second-order valence-corrected chi connectivity index (χ2v) is 6.89. The van der Waals surface area contributed by atoms with Crippen LogP contribution in [0, 0.1) is 6.92 Å².